The third-order valence-corrected chi connectivity index (χ3v) is 4.64. The summed E-state index contributed by atoms with van der Waals surface area (Å²) in [6, 6.07) is 10.4. The summed E-state index contributed by atoms with van der Waals surface area (Å²) in [4.78, 5) is 16.6. The maximum atomic E-state index is 12.9. The molecule has 3 unspecified atom stereocenters. The molecule has 6 nitrogen and oxygen atoms in total. The number of amides is 1. The Morgan fingerprint density at radius 2 is 1.67 bits per heavy atom. The van der Waals surface area contributed by atoms with Gasteiger partial charge in [0.15, 0.2) is 0 Å². The summed E-state index contributed by atoms with van der Waals surface area (Å²) >= 11 is 11.8. The zero-order chi connectivity index (χ0) is 22.5. The molecule has 0 aliphatic carbocycles. The minimum atomic E-state index is -4.64. The first-order chi connectivity index (χ1) is 14.0. The van der Waals surface area contributed by atoms with Crippen LogP contribution in [0.3, 0.4) is 0 Å². The van der Waals surface area contributed by atoms with Crippen molar-refractivity contribution in [2.45, 2.75) is 25.3 Å². The monoisotopic (exact) mass is 461 g/mol. The summed E-state index contributed by atoms with van der Waals surface area (Å²) < 4.78 is 38.7. The highest BCUT2D eigenvalue weighted by Crippen LogP contribution is 2.25. The van der Waals surface area contributed by atoms with Gasteiger partial charge in [-0.25, -0.2) is 4.99 Å². The molecule has 2 rings (SSSR count). The zero-order valence-corrected chi connectivity index (χ0v) is 17.3. The molecule has 0 fully saturated rings. The Balaban J connectivity index is 2.30. The van der Waals surface area contributed by atoms with E-state index in [1.54, 1.807) is 36.4 Å². The third-order valence-electron chi connectivity index (χ3n) is 4.17. The molecule has 30 heavy (non-hydrogen) atoms. The number of hydrogen-bond donors (Lipinski definition) is 4. The van der Waals surface area contributed by atoms with E-state index in [2.05, 4.69) is 15.6 Å². The van der Waals surface area contributed by atoms with Gasteiger partial charge in [-0.3, -0.25) is 10.1 Å². The summed E-state index contributed by atoms with van der Waals surface area (Å²) in [6.07, 6.45) is -6.00. The number of carbonyl (C=O) groups excluding carboxylic acids is 1. The Morgan fingerprint density at radius 3 is 2.23 bits per heavy atom. The highest BCUT2D eigenvalue weighted by molar-refractivity contribution is 6.31. The highest BCUT2D eigenvalue weighted by Gasteiger charge is 2.42. The molecule has 0 saturated heterocycles. The molecule has 162 valence electrons. The van der Waals surface area contributed by atoms with Gasteiger partial charge in [0.25, 0.3) is 5.91 Å². The van der Waals surface area contributed by atoms with Crippen LogP contribution in [0.1, 0.15) is 17.3 Å². The van der Waals surface area contributed by atoms with Gasteiger partial charge < -0.3 is 16.8 Å². The first-order valence-corrected chi connectivity index (χ1v) is 9.48. The molecule has 0 radical (unpaired) electrons. The maximum Gasteiger partial charge on any atom is 0.404 e. The van der Waals surface area contributed by atoms with E-state index in [0.717, 1.165) is 0 Å². The molecule has 3 atom stereocenters. The van der Waals surface area contributed by atoms with E-state index < -0.39 is 30.2 Å². The number of benzene rings is 2. The molecular weight excluding hydrogens is 442 g/mol. The summed E-state index contributed by atoms with van der Waals surface area (Å²) in [5.74, 6) is -2.02. The van der Waals surface area contributed by atoms with Crippen LogP contribution in [0.15, 0.2) is 53.5 Å². The minimum Gasteiger partial charge on any atom is -0.326 e. The van der Waals surface area contributed by atoms with Crippen LogP contribution in [0.2, 0.25) is 10.0 Å². The van der Waals surface area contributed by atoms with Gasteiger partial charge in [0, 0.05) is 27.2 Å². The summed E-state index contributed by atoms with van der Waals surface area (Å²) in [5.41, 5.74) is 11.7. The van der Waals surface area contributed by atoms with Crippen LogP contribution in [0.25, 0.3) is 0 Å². The summed E-state index contributed by atoms with van der Waals surface area (Å²) in [7, 11) is 0. The normalized spacial score (nSPS) is 15.3. The van der Waals surface area contributed by atoms with Crippen molar-refractivity contribution >= 4 is 40.8 Å². The number of carbonyl (C=O) groups is 1. The second-order valence-electron chi connectivity index (χ2n) is 6.49. The fraction of sp³-hybridized carbons (Fsp3) is 0.263. The van der Waals surface area contributed by atoms with Gasteiger partial charge in [-0.15, -0.1) is 0 Å². The van der Waals surface area contributed by atoms with Crippen molar-refractivity contribution in [2.24, 2.45) is 22.4 Å². The maximum absolute atomic E-state index is 12.9. The fourth-order valence-electron chi connectivity index (χ4n) is 2.39. The quantitative estimate of drug-likeness (QED) is 0.398. The van der Waals surface area contributed by atoms with Gasteiger partial charge in [0.2, 0.25) is 5.96 Å². The van der Waals surface area contributed by atoms with Crippen molar-refractivity contribution in [2.75, 3.05) is 5.32 Å². The van der Waals surface area contributed by atoms with E-state index in [-0.39, 0.29) is 11.5 Å². The first-order valence-electron chi connectivity index (χ1n) is 8.72. The minimum absolute atomic E-state index is 0.170. The van der Waals surface area contributed by atoms with E-state index in [1.807, 2.05) is 0 Å². The number of alkyl halides is 3. The molecule has 2 aromatic rings. The van der Waals surface area contributed by atoms with Crippen molar-refractivity contribution in [3.05, 3.63) is 64.1 Å². The highest BCUT2D eigenvalue weighted by atomic mass is 35.5. The second-order valence-corrected chi connectivity index (χ2v) is 7.37. The van der Waals surface area contributed by atoms with Crippen LogP contribution in [0.5, 0.6) is 0 Å². The number of guanidine groups is 1. The molecule has 0 saturated carbocycles. The SMILES string of the molecule is CC(C(N)N=C(NC(=O)c1cccc(Cl)c1)Nc1cccc(Cl)c1)C(N)C(F)(F)F. The van der Waals surface area contributed by atoms with Crippen LogP contribution >= 0.6 is 23.2 Å². The lowest BCUT2D eigenvalue weighted by Crippen LogP contribution is -2.50. The lowest BCUT2D eigenvalue weighted by Gasteiger charge is -2.26. The molecule has 0 aromatic heterocycles. The number of nitrogens with two attached hydrogens (primary N) is 2. The van der Waals surface area contributed by atoms with Crippen LogP contribution < -0.4 is 22.1 Å². The Kier molecular flexibility index (Phi) is 8.08. The Hall–Kier alpha value is -2.33. The largest absolute Gasteiger partial charge is 0.404 e. The van der Waals surface area contributed by atoms with Crippen molar-refractivity contribution < 1.29 is 18.0 Å². The summed E-state index contributed by atoms with van der Waals surface area (Å²) in [6.45, 7) is 1.22. The van der Waals surface area contributed by atoms with Gasteiger partial charge in [0.1, 0.15) is 12.2 Å². The summed E-state index contributed by atoms with van der Waals surface area (Å²) in [5, 5.41) is 6.02. The van der Waals surface area contributed by atoms with Crippen molar-refractivity contribution in [1.82, 2.24) is 5.32 Å². The number of rotatable bonds is 5. The number of aliphatic imine (C=N–C) groups is 1. The average molecular weight is 462 g/mol. The molecule has 0 aliphatic rings. The number of halogens is 5. The van der Waals surface area contributed by atoms with Gasteiger partial charge in [-0.05, 0) is 36.4 Å². The predicted molar refractivity (Wildman–Crippen MR) is 113 cm³/mol. The van der Waals surface area contributed by atoms with Gasteiger partial charge in [0.05, 0.1) is 0 Å². The first kappa shape index (κ1) is 23.9. The zero-order valence-electron chi connectivity index (χ0n) is 15.8. The topological polar surface area (TPSA) is 106 Å². The Bertz CT molecular complexity index is 923. The standard InChI is InChI=1S/C19H20Cl2F3N5O/c1-10(15(25)19(22,23)24)16(26)28-18(27-14-7-3-6-13(21)9-14)29-17(30)11-4-2-5-12(20)8-11/h2-10,15-16H,25-26H2,1H3,(H2,27,28,29,30). The van der Waals surface area contributed by atoms with Crippen LogP contribution in [-0.2, 0) is 0 Å². The van der Waals surface area contributed by atoms with Crippen molar-refractivity contribution in [3.8, 4) is 0 Å². The lowest BCUT2D eigenvalue weighted by atomic mass is 10.00. The molecule has 2 aromatic carbocycles. The lowest BCUT2D eigenvalue weighted by molar-refractivity contribution is -0.159. The van der Waals surface area contributed by atoms with Gasteiger partial charge in [-0.1, -0.05) is 42.3 Å². The fourth-order valence-corrected chi connectivity index (χ4v) is 2.77. The van der Waals surface area contributed by atoms with E-state index in [0.29, 0.717) is 15.7 Å². The number of anilines is 1. The molecule has 6 N–H and O–H groups in total. The molecule has 0 heterocycles. The smallest absolute Gasteiger partial charge is 0.326 e. The molecule has 11 heteroatoms. The van der Waals surface area contributed by atoms with Crippen LogP contribution in [0, 0.1) is 5.92 Å². The second kappa shape index (κ2) is 10.1. The van der Waals surface area contributed by atoms with Crippen molar-refractivity contribution in [3.63, 3.8) is 0 Å². The number of hydrogen-bond acceptors (Lipinski definition) is 4. The van der Waals surface area contributed by atoms with Gasteiger partial charge >= 0.3 is 6.18 Å². The molecule has 0 spiro atoms. The Morgan fingerprint density at radius 1 is 1.07 bits per heavy atom. The molecule has 0 aliphatic heterocycles. The number of nitrogens with one attached hydrogen (secondary N) is 2. The molecule has 1 amide bonds. The predicted octanol–water partition coefficient (Wildman–Crippen LogP) is 4.00. The molecular formula is C19H20Cl2F3N5O. The average Bonchev–Trinajstić information content (AvgIpc) is 2.65. The van der Waals surface area contributed by atoms with Crippen LogP contribution in [0.4, 0.5) is 18.9 Å². The number of nitrogens with zero attached hydrogens (tertiary/aromatic N) is 1. The van der Waals surface area contributed by atoms with E-state index in [4.69, 9.17) is 34.7 Å². The third kappa shape index (κ3) is 6.88. The van der Waals surface area contributed by atoms with Crippen LogP contribution in [-0.4, -0.2) is 30.3 Å². The van der Waals surface area contributed by atoms with E-state index >= 15 is 0 Å². The van der Waals surface area contributed by atoms with E-state index in [1.165, 1.54) is 19.1 Å². The molecule has 0 bridgehead atoms. The van der Waals surface area contributed by atoms with E-state index in [9.17, 15) is 18.0 Å². The van der Waals surface area contributed by atoms with Gasteiger partial charge in [-0.2, -0.15) is 13.2 Å². The Labute approximate surface area is 181 Å². The van der Waals surface area contributed by atoms with Crippen molar-refractivity contribution in [1.29, 1.82) is 0 Å².